The van der Waals surface area contributed by atoms with Crippen LogP contribution in [0, 0.1) is 0 Å². The van der Waals surface area contributed by atoms with Gasteiger partial charge in [0.25, 0.3) is 0 Å². The highest BCUT2D eigenvalue weighted by atomic mass is 32.1. The molecular formula is C40H22S2. The first-order chi connectivity index (χ1) is 20.8. The highest BCUT2D eigenvalue weighted by molar-refractivity contribution is 7.26. The van der Waals surface area contributed by atoms with Crippen LogP contribution in [0.15, 0.2) is 133 Å². The SMILES string of the molecule is c1ccc2c(c1)-c1cccc3c(-c4cccc5sc6cc(-c7ccc8sc9ccccc9c8c7)ccc6c45)ccc-2c13. The molecular weight excluding hydrogens is 545 g/mol. The van der Waals surface area contributed by atoms with Crippen molar-refractivity contribution >= 4 is 73.8 Å². The molecule has 0 atom stereocenters. The van der Waals surface area contributed by atoms with Gasteiger partial charge in [0.15, 0.2) is 0 Å². The maximum Gasteiger partial charge on any atom is 0.0361 e. The third-order valence-corrected chi connectivity index (χ3v) is 11.3. The second kappa shape index (κ2) is 8.39. The van der Waals surface area contributed by atoms with Gasteiger partial charge in [0.2, 0.25) is 0 Å². The van der Waals surface area contributed by atoms with Crippen molar-refractivity contribution in [3.05, 3.63) is 133 Å². The summed E-state index contributed by atoms with van der Waals surface area (Å²) in [7, 11) is 0. The molecule has 0 spiro atoms. The first kappa shape index (κ1) is 22.9. The van der Waals surface area contributed by atoms with Crippen LogP contribution in [0.2, 0.25) is 0 Å². The Morgan fingerprint density at radius 2 is 0.881 bits per heavy atom. The summed E-state index contributed by atoms with van der Waals surface area (Å²) in [6, 6.07) is 49.8. The molecule has 0 fully saturated rings. The summed E-state index contributed by atoms with van der Waals surface area (Å²) in [5, 5.41) is 8.11. The zero-order chi connectivity index (χ0) is 27.4. The van der Waals surface area contributed by atoms with Gasteiger partial charge in [-0.1, -0.05) is 103 Å². The standard InChI is InChI=1S/C40H22S2/c1-2-8-26-25(7-1)29-10-5-11-30-27(18-19-32(26)39(29)30)31-12-6-14-37-40(31)33-17-15-24(22-38(33)42-37)23-16-20-36-34(21-23)28-9-3-4-13-35(28)41-36/h1-22H. The lowest BCUT2D eigenvalue weighted by atomic mass is 9.92. The lowest BCUT2D eigenvalue weighted by molar-refractivity contribution is 1.69. The maximum absolute atomic E-state index is 2.39. The molecule has 0 bridgehead atoms. The van der Waals surface area contributed by atoms with Crippen LogP contribution < -0.4 is 0 Å². The molecule has 42 heavy (non-hydrogen) atoms. The fourth-order valence-electron chi connectivity index (χ4n) is 7.18. The summed E-state index contributed by atoms with van der Waals surface area (Å²) in [6.45, 7) is 0. The summed E-state index contributed by atoms with van der Waals surface area (Å²) in [5.74, 6) is 0. The minimum absolute atomic E-state index is 1.27. The van der Waals surface area contributed by atoms with Gasteiger partial charge in [-0.25, -0.2) is 0 Å². The normalized spacial score (nSPS) is 12.3. The van der Waals surface area contributed by atoms with Gasteiger partial charge in [-0.05, 0) is 85.6 Å². The maximum atomic E-state index is 2.39. The minimum atomic E-state index is 1.27. The lowest BCUT2D eigenvalue weighted by Gasteiger charge is -2.11. The van der Waals surface area contributed by atoms with Gasteiger partial charge in [0, 0.05) is 40.3 Å². The lowest BCUT2D eigenvalue weighted by Crippen LogP contribution is -1.84. The molecule has 0 N–H and O–H groups in total. The van der Waals surface area contributed by atoms with Crippen molar-refractivity contribution < 1.29 is 0 Å². The quantitative estimate of drug-likeness (QED) is 0.195. The van der Waals surface area contributed by atoms with Crippen molar-refractivity contribution in [3.8, 4) is 44.5 Å². The Labute approximate surface area is 250 Å². The third-order valence-electron chi connectivity index (χ3n) is 9.05. The second-order valence-electron chi connectivity index (χ2n) is 11.2. The number of hydrogen-bond acceptors (Lipinski definition) is 2. The summed E-state index contributed by atoms with van der Waals surface area (Å²) in [6.07, 6.45) is 0. The van der Waals surface area contributed by atoms with E-state index in [2.05, 4.69) is 133 Å². The molecule has 0 nitrogen and oxygen atoms in total. The van der Waals surface area contributed by atoms with Crippen molar-refractivity contribution in [2.24, 2.45) is 0 Å². The molecule has 0 saturated carbocycles. The summed E-state index contributed by atoms with van der Waals surface area (Å²) in [5.41, 5.74) is 10.6. The Hall–Kier alpha value is -4.76. The molecule has 194 valence electrons. The summed E-state index contributed by atoms with van der Waals surface area (Å²) < 4.78 is 5.37. The molecule has 7 aromatic carbocycles. The van der Waals surface area contributed by atoms with Crippen molar-refractivity contribution in [2.75, 3.05) is 0 Å². The fourth-order valence-corrected chi connectivity index (χ4v) is 9.44. The van der Waals surface area contributed by atoms with Crippen LogP contribution in [0.25, 0.3) is 95.6 Å². The van der Waals surface area contributed by atoms with Crippen LogP contribution in [0.4, 0.5) is 0 Å². The number of thiophene rings is 2. The Morgan fingerprint density at radius 1 is 0.286 bits per heavy atom. The molecule has 10 rings (SSSR count). The first-order valence-electron chi connectivity index (χ1n) is 14.3. The predicted octanol–water partition coefficient (Wildman–Crippen LogP) is 12.6. The molecule has 2 heteroatoms. The third kappa shape index (κ3) is 3.06. The zero-order valence-corrected chi connectivity index (χ0v) is 24.2. The smallest absolute Gasteiger partial charge is 0.0361 e. The van der Waals surface area contributed by atoms with E-state index in [4.69, 9.17) is 0 Å². The average molecular weight is 567 g/mol. The van der Waals surface area contributed by atoms with Crippen molar-refractivity contribution in [2.45, 2.75) is 0 Å². The van der Waals surface area contributed by atoms with E-state index >= 15 is 0 Å². The Kier molecular flexibility index (Phi) is 4.57. The Bertz CT molecular complexity index is 2550. The molecule has 9 aromatic rings. The number of hydrogen-bond donors (Lipinski definition) is 0. The van der Waals surface area contributed by atoms with Crippen molar-refractivity contribution in [1.29, 1.82) is 0 Å². The Morgan fingerprint density at radius 3 is 1.79 bits per heavy atom. The highest BCUT2D eigenvalue weighted by Crippen LogP contribution is 2.50. The molecule has 1 aliphatic carbocycles. The average Bonchev–Trinajstić information content (AvgIpc) is 3.71. The first-order valence-corrected chi connectivity index (χ1v) is 16.0. The van der Waals surface area contributed by atoms with Gasteiger partial charge in [-0.3, -0.25) is 0 Å². The van der Waals surface area contributed by atoms with Gasteiger partial charge in [-0.15, -0.1) is 22.7 Å². The van der Waals surface area contributed by atoms with Crippen molar-refractivity contribution in [1.82, 2.24) is 0 Å². The molecule has 0 radical (unpaired) electrons. The Balaban J connectivity index is 1.17. The van der Waals surface area contributed by atoms with Gasteiger partial charge in [0.1, 0.15) is 0 Å². The van der Waals surface area contributed by atoms with Crippen LogP contribution in [-0.4, -0.2) is 0 Å². The molecule has 0 aliphatic heterocycles. The van der Waals surface area contributed by atoms with E-state index in [0.29, 0.717) is 0 Å². The van der Waals surface area contributed by atoms with E-state index in [1.807, 2.05) is 22.7 Å². The van der Waals surface area contributed by atoms with Crippen LogP contribution in [0.1, 0.15) is 0 Å². The molecule has 1 aliphatic rings. The molecule has 0 saturated heterocycles. The predicted molar refractivity (Wildman–Crippen MR) is 185 cm³/mol. The van der Waals surface area contributed by atoms with E-state index in [-0.39, 0.29) is 0 Å². The van der Waals surface area contributed by atoms with Crippen LogP contribution >= 0.6 is 22.7 Å². The van der Waals surface area contributed by atoms with Gasteiger partial charge in [0.05, 0.1) is 0 Å². The molecule has 0 unspecified atom stereocenters. The van der Waals surface area contributed by atoms with Crippen LogP contribution in [0.5, 0.6) is 0 Å². The number of benzene rings is 7. The molecule has 2 aromatic heterocycles. The van der Waals surface area contributed by atoms with E-state index in [1.165, 1.54) is 95.6 Å². The fraction of sp³-hybridized carbons (Fsp3) is 0. The minimum Gasteiger partial charge on any atom is -0.135 e. The van der Waals surface area contributed by atoms with E-state index in [1.54, 1.807) is 0 Å². The number of rotatable bonds is 2. The van der Waals surface area contributed by atoms with E-state index < -0.39 is 0 Å². The summed E-state index contributed by atoms with van der Waals surface area (Å²) >= 11 is 3.78. The largest absolute Gasteiger partial charge is 0.135 e. The monoisotopic (exact) mass is 566 g/mol. The van der Waals surface area contributed by atoms with E-state index in [0.717, 1.165) is 0 Å². The highest BCUT2D eigenvalue weighted by Gasteiger charge is 2.23. The topological polar surface area (TPSA) is 0 Å². The van der Waals surface area contributed by atoms with Crippen LogP contribution in [-0.2, 0) is 0 Å². The van der Waals surface area contributed by atoms with Gasteiger partial charge in [-0.2, -0.15) is 0 Å². The van der Waals surface area contributed by atoms with E-state index in [9.17, 15) is 0 Å². The summed E-state index contributed by atoms with van der Waals surface area (Å²) in [4.78, 5) is 0. The van der Waals surface area contributed by atoms with Gasteiger partial charge < -0.3 is 0 Å². The van der Waals surface area contributed by atoms with Crippen molar-refractivity contribution in [3.63, 3.8) is 0 Å². The second-order valence-corrected chi connectivity index (χ2v) is 13.4. The number of fused-ring (bicyclic) bond motifs is 9. The van der Waals surface area contributed by atoms with Crippen LogP contribution in [0.3, 0.4) is 0 Å². The van der Waals surface area contributed by atoms with Gasteiger partial charge >= 0.3 is 0 Å². The molecule has 2 heterocycles. The molecule has 0 amide bonds. The zero-order valence-electron chi connectivity index (χ0n) is 22.5.